The number of likely N-dealkylation sites (tertiary alicyclic amines) is 1. The lowest BCUT2D eigenvalue weighted by Crippen LogP contribution is -2.35. The number of halogens is 2. The van der Waals surface area contributed by atoms with Crippen molar-refractivity contribution in [3.05, 3.63) is 76.0 Å². The maximum absolute atomic E-state index is 11.7. The number of anilines is 1. The topological polar surface area (TPSA) is 98.5 Å². The molecule has 0 radical (unpaired) electrons. The van der Waals surface area contributed by atoms with Crippen LogP contribution in [0.25, 0.3) is 11.3 Å². The fraction of sp³-hybridized carbons (Fsp3) is 0.424. The highest BCUT2D eigenvalue weighted by atomic mass is 35.5. The van der Waals surface area contributed by atoms with Gasteiger partial charge in [0.05, 0.1) is 43.6 Å². The molecule has 0 N–H and O–H groups in total. The van der Waals surface area contributed by atoms with Crippen LogP contribution in [0.3, 0.4) is 0 Å². The van der Waals surface area contributed by atoms with E-state index in [-0.39, 0.29) is 5.97 Å². The summed E-state index contributed by atoms with van der Waals surface area (Å²) in [6, 6.07) is 9.39. The van der Waals surface area contributed by atoms with Crippen LogP contribution in [-0.2, 0) is 29.2 Å². The Kier molecular flexibility index (Phi) is 8.61. The predicted octanol–water partition coefficient (Wildman–Crippen LogP) is 6.51. The van der Waals surface area contributed by atoms with Crippen molar-refractivity contribution < 1.29 is 14.3 Å². The third kappa shape index (κ3) is 7.08. The number of rotatable bonds is 9. The number of benzene rings is 1. The largest absolute Gasteiger partial charge is 0.469 e. The molecule has 4 aromatic rings. The van der Waals surface area contributed by atoms with E-state index in [0.717, 1.165) is 56.7 Å². The summed E-state index contributed by atoms with van der Waals surface area (Å²) in [6.07, 6.45) is 10.2. The lowest BCUT2D eigenvalue weighted by molar-refractivity contribution is -0.142. The van der Waals surface area contributed by atoms with Crippen LogP contribution >= 0.6 is 23.2 Å². The standard InChI is InChI=1S/C33H35Cl2N7O3/c1-44-31(43)12-21-4-6-40(7-5-21)19-22-10-29(24-13-25(34)15-26(35)14-24)39-30(11-22)45-28-17-37-33(38-18-28)41-8-9-42-27(20-41)16-36-32(42)23-2-3-23/h10-11,13-18,21,23H,2-9,12,19-20H2,1H3. The molecule has 10 nitrogen and oxygen atoms in total. The van der Waals surface area contributed by atoms with Crippen molar-refractivity contribution in [3.8, 4) is 22.9 Å². The zero-order valence-corrected chi connectivity index (χ0v) is 26.7. The number of aromatic nitrogens is 5. The van der Waals surface area contributed by atoms with E-state index in [9.17, 15) is 4.79 Å². The van der Waals surface area contributed by atoms with Gasteiger partial charge in [-0.1, -0.05) is 23.2 Å². The highest BCUT2D eigenvalue weighted by Crippen LogP contribution is 2.40. The highest BCUT2D eigenvalue weighted by Gasteiger charge is 2.31. The Bertz CT molecular complexity index is 1660. The molecule has 2 fully saturated rings. The van der Waals surface area contributed by atoms with Gasteiger partial charge in [0.25, 0.3) is 0 Å². The van der Waals surface area contributed by atoms with Gasteiger partial charge < -0.3 is 18.9 Å². The number of esters is 1. The number of imidazole rings is 1. The minimum Gasteiger partial charge on any atom is -0.469 e. The van der Waals surface area contributed by atoms with Crippen molar-refractivity contribution in [2.75, 3.05) is 31.6 Å². The molecule has 5 heterocycles. The van der Waals surface area contributed by atoms with E-state index in [2.05, 4.69) is 29.3 Å². The third-order valence-electron chi connectivity index (χ3n) is 8.79. The minimum atomic E-state index is -0.142. The van der Waals surface area contributed by atoms with Crippen LogP contribution in [0.1, 0.15) is 55.1 Å². The first-order valence-electron chi connectivity index (χ1n) is 15.5. The second kappa shape index (κ2) is 12.9. The van der Waals surface area contributed by atoms with E-state index < -0.39 is 0 Å². The number of ether oxygens (including phenoxy) is 2. The molecule has 45 heavy (non-hydrogen) atoms. The van der Waals surface area contributed by atoms with E-state index in [4.69, 9.17) is 37.7 Å². The smallest absolute Gasteiger partial charge is 0.305 e. The van der Waals surface area contributed by atoms with Crippen LogP contribution in [0.15, 0.2) is 48.9 Å². The zero-order chi connectivity index (χ0) is 30.9. The molecule has 0 unspecified atom stereocenters. The zero-order valence-electron chi connectivity index (χ0n) is 25.2. The molecule has 1 saturated carbocycles. The van der Waals surface area contributed by atoms with Crippen LogP contribution in [-0.4, -0.2) is 62.1 Å². The third-order valence-corrected chi connectivity index (χ3v) is 9.23. The number of carbonyl (C=O) groups is 1. The second-order valence-corrected chi connectivity index (χ2v) is 13.0. The van der Waals surface area contributed by atoms with E-state index in [1.54, 1.807) is 18.5 Å². The first-order valence-corrected chi connectivity index (χ1v) is 16.2. The van der Waals surface area contributed by atoms with Crippen molar-refractivity contribution in [2.24, 2.45) is 5.92 Å². The summed E-state index contributed by atoms with van der Waals surface area (Å²) in [4.78, 5) is 35.1. The minimum absolute atomic E-state index is 0.142. The molecule has 0 atom stereocenters. The van der Waals surface area contributed by atoms with Crippen molar-refractivity contribution in [1.29, 1.82) is 0 Å². The van der Waals surface area contributed by atoms with Gasteiger partial charge in [0.2, 0.25) is 11.8 Å². The molecule has 3 aromatic heterocycles. The number of carbonyl (C=O) groups excluding carboxylic acids is 1. The maximum atomic E-state index is 11.7. The van der Waals surface area contributed by atoms with Crippen LogP contribution in [0.4, 0.5) is 5.95 Å². The summed E-state index contributed by atoms with van der Waals surface area (Å²) in [5, 5.41) is 1.07. The molecule has 3 aliphatic rings. The summed E-state index contributed by atoms with van der Waals surface area (Å²) in [5.41, 5.74) is 3.76. The van der Waals surface area contributed by atoms with Crippen molar-refractivity contribution in [2.45, 2.75) is 57.7 Å². The summed E-state index contributed by atoms with van der Waals surface area (Å²) >= 11 is 12.7. The Morgan fingerprint density at radius 2 is 1.67 bits per heavy atom. The Morgan fingerprint density at radius 1 is 0.911 bits per heavy atom. The van der Waals surface area contributed by atoms with Gasteiger partial charge in [0, 0.05) is 53.6 Å². The number of pyridine rings is 1. The average molecular weight is 649 g/mol. The Hall–Kier alpha value is -3.73. The number of hydrogen-bond donors (Lipinski definition) is 0. The van der Waals surface area contributed by atoms with Crippen LogP contribution in [0.2, 0.25) is 10.0 Å². The molecule has 0 amide bonds. The molecule has 1 saturated heterocycles. The Balaban J connectivity index is 1.07. The van der Waals surface area contributed by atoms with Gasteiger partial charge in [-0.15, -0.1) is 0 Å². The van der Waals surface area contributed by atoms with Crippen LogP contribution in [0, 0.1) is 5.92 Å². The monoisotopic (exact) mass is 647 g/mol. The van der Waals surface area contributed by atoms with Gasteiger partial charge in [0.15, 0.2) is 5.75 Å². The van der Waals surface area contributed by atoms with Gasteiger partial charge in [-0.05, 0) is 74.5 Å². The fourth-order valence-corrected chi connectivity index (χ4v) is 6.80. The quantitative estimate of drug-likeness (QED) is 0.188. The molecule has 1 aromatic carbocycles. The van der Waals surface area contributed by atoms with Gasteiger partial charge in [-0.25, -0.2) is 19.9 Å². The highest BCUT2D eigenvalue weighted by molar-refractivity contribution is 6.35. The normalized spacial score (nSPS) is 17.3. The molecule has 7 rings (SSSR count). The SMILES string of the molecule is COC(=O)CC1CCN(Cc2cc(Oc3cnc(N4CCn5c(cnc5C5CC5)C4)nc3)nc(-c3cc(Cl)cc(Cl)c3)c2)CC1. The predicted molar refractivity (Wildman–Crippen MR) is 172 cm³/mol. The van der Waals surface area contributed by atoms with Crippen molar-refractivity contribution in [3.63, 3.8) is 0 Å². The summed E-state index contributed by atoms with van der Waals surface area (Å²) in [7, 11) is 1.44. The summed E-state index contributed by atoms with van der Waals surface area (Å²) in [6.45, 7) is 4.96. The average Bonchev–Trinajstić information content (AvgIpc) is 3.80. The van der Waals surface area contributed by atoms with E-state index in [1.165, 1.54) is 31.5 Å². The molecule has 0 spiro atoms. The van der Waals surface area contributed by atoms with E-state index in [1.807, 2.05) is 30.5 Å². The summed E-state index contributed by atoms with van der Waals surface area (Å²) < 4.78 is 13.5. The molecular formula is C33H35Cl2N7O3. The van der Waals surface area contributed by atoms with Gasteiger partial charge in [-0.2, -0.15) is 0 Å². The van der Waals surface area contributed by atoms with Crippen LogP contribution < -0.4 is 9.64 Å². The summed E-state index contributed by atoms with van der Waals surface area (Å²) in [5.74, 6) is 3.67. The first kappa shape index (κ1) is 30.0. The van der Waals surface area contributed by atoms with Crippen molar-refractivity contribution >= 4 is 35.1 Å². The first-order chi connectivity index (χ1) is 21.9. The Morgan fingerprint density at radius 3 is 2.38 bits per heavy atom. The maximum Gasteiger partial charge on any atom is 0.305 e. The lowest BCUT2D eigenvalue weighted by atomic mass is 9.93. The molecule has 0 bridgehead atoms. The number of hydrogen-bond acceptors (Lipinski definition) is 9. The van der Waals surface area contributed by atoms with E-state index >= 15 is 0 Å². The molecule has 12 heteroatoms. The molecular weight excluding hydrogens is 613 g/mol. The molecule has 1 aliphatic carbocycles. The van der Waals surface area contributed by atoms with Gasteiger partial charge >= 0.3 is 5.97 Å². The molecule has 234 valence electrons. The molecule has 2 aliphatic heterocycles. The lowest BCUT2D eigenvalue weighted by Gasteiger charge is -2.31. The van der Waals surface area contributed by atoms with Crippen LogP contribution in [0.5, 0.6) is 11.6 Å². The van der Waals surface area contributed by atoms with Gasteiger partial charge in [0.1, 0.15) is 5.82 Å². The number of piperidine rings is 1. The Labute approximate surface area is 272 Å². The van der Waals surface area contributed by atoms with Gasteiger partial charge in [-0.3, -0.25) is 9.69 Å². The van der Waals surface area contributed by atoms with Crippen molar-refractivity contribution in [1.82, 2.24) is 29.4 Å². The van der Waals surface area contributed by atoms with E-state index in [0.29, 0.717) is 58.1 Å². The second-order valence-electron chi connectivity index (χ2n) is 12.1. The number of methoxy groups -OCH3 is 1. The fourth-order valence-electron chi connectivity index (χ4n) is 6.27. The number of fused-ring (bicyclic) bond motifs is 1. The number of nitrogens with zero attached hydrogens (tertiary/aromatic N) is 7.